The van der Waals surface area contributed by atoms with Gasteiger partial charge in [0.2, 0.25) is 5.95 Å². The number of rotatable bonds is 5. The molecule has 3 aliphatic rings. The molecule has 1 saturated carbocycles. The summed E-state index contributed by atoms with van der Waals surface area (Å²) in [6.07, 6.45) is 7.46. The lowest BCUT2D eigenvalue weighted by Crippen LogP contribution is -2.39. The molecule has 1 aliphatic carbocycles. The minimum Gasteiger partial charge on any atom is -0.399 e. The second-order valence-electron chi connectivity index (χ2n) is 10.1. The van der Waals surface area contributed by atoms with E-state index in [1.54, 1.807) is 10.7 Å². The van der Waals surface area contributed by atoms with Crippen LogP contribution in [-0.2, 0) is 0 Å². The van der Waals surface area contributed by atoms with Crippen LogP contribution in [-0.4, -0.2) is 63.8 Å². The summed E-state index contributed by atoms with van der Waals surface area (Å²) < 4.78 is 1.59. The van der Waals surface area contributed by atoms with E-state index in [1.807, 2.05) is 12.1 Å². The third-order valence-corrected chi connectivity index (χ3v) is 7.85. The first-order valence-electron chi connectivity index (χ1n) is 12.0. The van der Waals surface area contributed by atoms with E-state index in [0.29, 0.717) is 51.1 Å². The topological polar surface area (TPSA) is 126 Å². The lowest BCUT2D eigenvalue weighted by molar-refractivity contribution is 0.142. The SMILES string of the molecule is CN1CCC2(CC1)CCN(c1cc(N)cc(Nc3nc(NC4CC4)c4ncc(N)n4n3)c1Cl)C2. The van der Waals surface area contributed by atoms with Gasteiger partial charge in [-0.05, 0) is 69.8 Å². The molecular formula is C23H31ClN10. The highest BCUT2D eigenvalue weighted by molar-refractivity contribution is 6.36. The number of hydrogen-bond acceptors (Lipinski definition) is 9. The van der Waals surface area contributed by atoms with E-state index in [9.17, 15) is 0 Å². The van der Waals surface area contributed by atoms with Gasteiger partial charge in [-0.15, -0.1) is 5.10 Å². The number of nitrogens with two attached hydrogens (primary N) is 2. The van der Waals surface area contributed by atoms with E-state index in [1.165, 1.54) is 19.3 Å². The van der Waals surface area contributed by atoms with Crippen LogP contribution in [0.15, 0.2) is 18.3 Å². The Kier molecular flexibility index (Phi) is 5.11. The zero-order valence-electron chi connectivity index (χ0n) is 19.4. The van der Waals surface area contributed by atoms with Crippen molar-refractivity contribution in [3.05, 3.63) is 23.4 Å². The van der Waals surface area contributed by atoms with Crippen LogP contribution in [0.2, 0.25) is 5.02 Å². The summed E-state index contributed by atoms with van der Waals surface area (Å²) in [5.41, 5.74) is 15.7. The Hall–Kier alpha value is -2.98. The van der Waals surface area contributed by atoms with Crippen molar-refractivity contribution in [3.8, 4) is 0 Å². The predicted molar refractivity (Wildman–Crippen MR) is 137 cm³/mol. The first-order valence-corrected chi connectivity index (χ1v) is 12.3. The highest BCUT2D eigenvalue weighted by Crippen LogP contribution is 2.45. The minimum atomic E-state index is 0.366. The third kappa shape index (κ3) is 3.94. The number of hydrogen-bond donors (Lipinski definition) is 4. The summed E-state index contributed by atoms with van der Waals surface area (Å²) in [5, 5.41) is 11.9. The molecule has 0 unspecified atom stereocenters. The fourth-order valence-corrected chi connectivity index (χ4v) is 5.46. The minimum absolute atomic E-state index is 0.366. The fourth-order valence-electron chi connectivity index (χ4n) is 5.18. The van der Waals surface area contributed by atoms with Crippen LogP contribution in [0, 0.1) is 5.41 Å². The number of nitrogen functional groups attached to an aromatic ring is 2. The zero-order valence-corrected chi connectivity index (χ0v) is 20.1. The largest absolute Gasteiger partial charge is 0.399 e. The predicted octanol–water partition coefficient (Wildman–Crippen LogP) is 3.18. The van der Waals surface area contributed by atoms with Crippen LogP contribution in [0.1, 0.15) is 32.1 Å². The number of aromatic nitrogens is 4. The molecule has 0 atom stereocenters. The highest BCUT2D eigenvalue weighted by Gasteiger charge is 2.40. The number of imidazole rings is 1. The van der Waals surface area contributed by atoms with E-state index < -0.39 is 0 Å². The van der Waals surface area contributed by atoms with Gasteiger partial charge in [0.25, 0.3) is 0 Å². The molecule has 4 heterocycles. The number of piperidine rings is 1. The molecule has 6 rings (SSSR count). The molecule has 0 bridgehead atoms. The molecule has 11 heteroatoms. The molecule has 2 aliphatic heterocycles. The number of halogens is 1. The average molecular weight is 483 g/mol. The van der Waals surface area contributed by atoms with Crippen molar-refractivity contribution >= 4 is 51.9 Å². The van der Waals surface area contributed by atoms with Crippen LogP contribution in [0.25, 0.3) is 5.65 Å². The van der Waals surface area contributed by atoms with Crippen LogP contribution in [0.5, 0.6) is 0 Å². The monoisotopic (exact) mass is 482 g/mol. The lowest BCUT2D eigenvalue weighted by atomic mass is 9.78. The third-order valence-electron chi connectivity index (χ3n) is 7.46. The van der Waals surface area contributed by atoms with Gasteiger partial charge in [0, 0.05) is 24.8 Å². The summed E-state index contributed by atoms with van der Waals surface area (Å²) in [5.74, 6) is 1.48. The van der Waals surface area contributed by atoms with Crippen molar-refractivity contribution in [2.45, 2.75) is 38.1 Å². The molecule has 3 aromatic rings. The van der Waals surface area contributed by atoms with Gasteiger partial charge in [0.15, 0.2) is 11.5 Å². The molecule has 0 radical (unpaired) electrons. The first-order chi connectivity index (χ1) is 16.4. The number of nitrogens with zero attached hydrogens (tertiary/aromatic N) is 6. The van der Waals surface area contributed by atoms with Crippen molar-refractivity contribution in [3.63, 3.8) is 0 Å². The van der Waals surface area contributed by atoms with Gasteiger partial charge in [-0.25, -0.2) is 4.98 Å². The normalized spacial score (nSPS) is 20.4. The van der Waals surface area contributed by atoms with Crippen molar-refractivity contribution in [1.82, 2.24) is 24.5 Å². The Morgan fingerprint density at radius 3 is 2.65 bits per heavy atom. The van der Waals surface area contributed by atoms with Gasteiger partial charge in [0.1, 0.15) is 5.82 Å². The Labute approximate surface area is 203 Å². The number of nitrogens with one attached hydrogen (secondary N) is 2. The Morgan fingerprint density at radius 2 is 1.88 bits per heavy atom. The van der Waals surface area contributed by atoms with Gasteiger partial charge >= 0.3 is 0 Å². The summed E-state index contributed by atoms with van der Waals surface area (Å²) in [6, 6.07) is 4.21. The molecular weight excluding hydrogens is 452 g/mol. The van der Waals surface area contributed by atoms with Crippen LogP contribution < -0.4 is 27.0 Å². The second-order valence-corrected chi connectivity index (χ2v) is 10.5. The summed E-state index contributed by atoms with van der Waals surface area (Å²) in [6.45, 7) is 4.29. The summed E-state index contributed by atoms with van der Waals surface area (Å²) in [4.78, 5) is 13.8. The molecule has 6 N–H and O–H groups in total. The quantitative estimate of drug-likeness (QED) is 0.405. The van der Waals surface area contributed by atoms with Crippen molar-refractivity contribution in [2.24, 2.45) is 5.41 Å². The highest BCUT2D eigenvalue weighted by atomic mass is 35.5. The van der Waals surface area contributed by atoms with Crippen molar-refractivity contribution in [1.29, 1.82) is 0 Å². The standard InChI is InChI=1S/C23H31ClN10/c1-32-7-4-23(5-8-32)6-9-33(13-23)17-11-14(25)10-16(19(17)24)29-22-30-20(28-15-2-3-15)21-27-12-18(26)34(21)31-22/h10-12,15H,2-9,13,25-26H2,1H3,(H2,28,29,30,31). The molecule has 2 aromatic heterocycles. The first kappa shape index (κ1) is 21.5. The zero-order chi connectivity index (χ0) is 23.4. The van der Waals surface area contributed by atoms with Gasteiger partial charge < -0.3 is 31.9 Å². The Balaban J connectivity index is 1.30. The Morgan fingerprint density at radius 1 is 1.12 bits per heavy atom. The molecule has 0 amide bonds. The summed E-state index contributed by atoms with van der Waals surface area (Å²) >= 11 is 6.94. The van der Waals surface area contributed by atoms with Gasteiger partial charge in [0.05, 0.1) is 22.6 Å². The van der Waals surface area contributed by atoms with E-state index in [0.717, 1.165) is 44.7 Å². The number of anilines is 6. The van der Waals surface area contributed by atoms with Crippen LogP contribution >= 0.6 is 11.6 Å². The van der Waals surface area contributed by atoms with Crippen molar-refractivity contribution in [2.75, 3.05) is 60.2 Å². The van der Waals surface area contributed by atoms with Crippen molar-refractivity contribution < 1.29 is 0 Å². The number of likely N-dealkylation sites (tertiary alicyclic amines) is 1. The maximum atomic E-state index is 6.94. The molecule has 180 valence electrons. The number of benzene rings is 1. The Bertz CT molecular complexity index is 1230. The van der Waals surface area contributed by atoms with Gasteiger partial charge in [-0.3, -0.25) is 0 Å². The molecule has 2 saturated heterocycles. The fraction of sp³-hybridized carbons (Fsp3) is 0.522. The van der Waals surface area contributed by atoms with E-state index in [-0.39, 0.29) is 0 Å². The van der Waals surface area contributed by atoms with Gasteiger partial charge in [-0.2, -0.15) is 9.50 Å². The molecule has 1 aromatic carbocycles. The molecule has 34 heavy (non-hydrogen) atoms. The molecule has 10 nitrogen and oxygen atoms in total. The van der Waals surface area contributed by atoms with E-state index in [4.69, 9.17) is 23.1 Å². The average Bonchev–Trinajstić information content (AvgIpc) is 3.42. The molecule has 1 spiro atoms. The smallest absolute Gasteiger partial charge is 0.247 e. The summed E-state index contributed by atoms with van der Waals surface area (Å²) in [7, 11) is 2.20. The van der Waals surface area contributed by atoms with E-state index >= 15 is 0 Å². The second kappa shape index (κ2) is 8.06. The van der Waals surface area contributed by atoms with Gasteiger partial charge in [-0.1, -0.05) is 11.6 Å². The molecule has 3 fully saturated rings. The van der Waals surface area contributed by atoms with E-state index in [2.05, 4.69) is 42.5 Å². The van der Waals surface area contributed by atoms with Crippen LogP contribution in [0.4, 0.5) is 34.6 Å². The van der Waals surface area contributed by atoms with Crippen LogP contribution in [0.3, 0.4) is 0 Å². The number of fused-ring (bicyclic) bond motifs is 1. The maximum absolute atomic E-state index is 6.94. The maximum Gasteiger partial charge on any atom is 0.247 e. The lowest BCUT2D eigenvalue weighted by Gasteiger charge is -2.38.